The highest BCUT2D eigenvalue weighted by atomic mass is 16.2. The molecule has 1 amide bonds. The molecule has 1 aromatic carbocycles. The summed E-state index contributed by atoms with van der Waals surface area (Å²) in [5, 5.41) is 1.06. The molecule has 1 aliphatic heterocycles. The molecule has 1 N–H and O–H groups in total. The number of H-pyrrole nitrogens is 1. The van der Waals surface area contributed by atoms with Crippen LogP contribution in [0.25, 0.3) is 10.9 Å². The first-order valence-electron chi connectivity index (χ1n) is 9.37. The first-order valence-corrected chi connectivity index (χ1v) is 9.37. The fourth-order valence-corrected chi connectivity index (χ4v) is 3.61. The van der Waals surface area contributed by atoms with Gasteiger partial charge in [0.2, 0.25) is 0 Å². The molecule has 1 aliphatic rings. The number of pyridine rings is 1. The summed E-state index contributed by atoms with van der Waals surface area (Å²) in [5.41, 5.74) is 2.76. The number of aromatic nitrogens is 2. The minimum absolute atomic E-state index is 0.0354. The lowest BCUT2D eigenvalue weighted by Crippen LogP contribution is -2.49. The van der Waals surface area contributed by atoms with Crippen LogP contribution in [-0.4, -0.2) is 58.0 Å². The molecule has 4 rings (SSSR count). The largest absolute Gasteiger partial charge is 0.351 e. The molecule has 0 atom stereocenters. The summed E-state index contributed by atoms with van der Waals surface area (Å²) in [7, 11) is 0. The molecule has 3 heterocycles. The molecule has 3 aromatic rings. The maximum Gasteiger partial charge on any atom is 0.270 e. The van der Waals surface area contributed by atoms with E-state index in [1.165, 1.54) is 0 Å². The third kappa shape index (κ3) is 3.80. The number of hydrogen-bond donors (Lipinski definition) is 1. The van der Waals surface area contributed by atoms with Crippen molar-refractivity contribution in [2.75, 3.05) is 32.7 Å². The van der Waals surface area contributed by atoms with E-state index in [-0.39, 0.29) is 11.5 Å². The van der Waals surface area contributed by atoms with Gasteiger partial charge in [-0.05, 0) is 24.6 Å². The van der Waals surface area contributed by atoms with Crippen LogP contribution >= 0.6 is 0 Å². The number of carbonyl (C=O) groups excluding carboxylic acids is 1. The van der Waals surface area contributed by atoms with Crippen LogP contribution in [0.2, 0.25) is 0 Å². The van der Waals surface area contributed by atoms with E-state index >= 15 is 0 Å². The molecular weight excluding hydrogens is 340 g/mol. The number of hydrogen-bond acceptors (Lipinski definition) is 3. The fourth-order valence-electron chi connectivity index (χ4n) is 3.61. The number of aromatic amines is 1. The van der Waals surface area contributed by atoms with Crippen LogP contribution in [0.5, 0.6) is 0 Å². The summed E-state index contributed by atoms with van der Waals surface area (Å²) in [6, 6.07) is 13.3. The lowest BCUT2D eigenvalue weighted by molar-refractivity contribution is 0.0628. The van der Waals surface area contributed by atoms with Crippen molar-refractivity contribution in [3.8, 4) is 0 Å². The Balaban J connectivity index is 1.33. The van der Waals surface area contributed by atoms with Gasteiger partial charge in [0.25, 0.3) is 11.5 Å². The van der Waals surface area contributed by atoms with Crippen LogP contribution in [-0.2, 0) is 6.54 Å². The van der Waals surface area contributed by atoms with E-state index in [1.54, 1.807) is 10.6 Å². The highest BCUT2D eigenvalue weighted by molar-refractivity contribution is 5.98. The zero-order valence-electron chi connectivity index (χ0n) is 15.5. The van der Waals surface area contributed by atoms with Crippen molar-refractivity contribution < 1.29 is 4.79 Å². The zero-order chi connectivity index (χ0) is 18.8. The van der Waals surface area contributed by atoms with Crippen molar-refractivity contribution in [1.82, 2.24) is 19.4 Å². The second kappa shape index (κ2) is 7.40. The molecule has 1 saturated heterocycles. The van der Waals surface area contributed by atoms with E-state index in [1.807, 2.05) is 54.4 Å². The van der Waals surface area contributed by atoms with Gasteiger partial charge in [-0.3, -0.25) is 14.5 Å². The van der Waals surface area contributed by atoms with Gasteiger partial charge in [-0.1, -0.05) is 24.3 Å². The van der Waals surface area contributed by atoms with Gasteiger partial charge >= 0.3 is 0 Å². The summed E-state index contributed by atoms with van der Waals surface area (Å²) >= 11 is 0. The smallest absolute Gasteiger partial charge is 0.270 e. The molecule has 1 fully saturated rings. The SMILES string of the molecule is Cc1ccc(=O)n(CCN2CCN(C(=O)c3cc4ccccc4[nH]3)CC2)c1. The van der Waals surface area contributed by atoms with Crippen LogP contribution in [0.15, 0.2) is 53.5 Å². The van der Waals surface area contributed by atoms with Crippen molar-refractivity contribution in [3.05, 3.63) is 70.3 Å². The molecule has 6 nitrogen and oxygen atoms in total. The number of nitrogens with one attached hydrogen (secondary N) is 1. The molecule has 0 saturated carbocycles. The van der Waals surface area contributed by atoms with Crippen molar-refractivity contribution in [1.29, 1.82) is 0 Å². The number of piperazine rings is 1. The van der Waals surface area contributed by atoms with Crippen molar-refractivity contribution >= 4 is 16.8 Å². The molecular formula is C21H24N4O2. The molecule has 0 bridgehead atoms. The summed E-state index contributed by atoms with van der Waals surface area (Å²) in [4.78, 5) is 32.1. The number of rotatable bonds is 4. The van der Waals surface area contributed by atoms with Crippen LogP contribution < -0.4 is 5.56 Å². The molecule has 0 radical (unpaired) electrons. The maximum absolute atomic E-state index is 12.8. The van der Waals surface area contributed by atoms with Gasteiger partial charge < -0.3 is 14.5 Å². The van der Waals surface area contributed by atoms with Crippen LogP contribution in [0.4, 0.5) is 0 Å². The first-order chi connectivity index (χ1) is 13.1. The molecule has 0 unspecified atom stereocenters. The predicted molar refractivity (Wildman–Crippen MR) is 106 cm³/mol. The second-order valence-corrected chi connectivity index (χ2v) is 7.14. The lowest BCUT2D eigenvalue weighted by atomic mass is 10.2. The molecule has 140 valence electrons. The Morgan fingerprint density at radius 3 is 2.59 bits per heavy atom. The quantitative estimate of drug-likeness (QED) is 0.771. The van der Waals surface area contributed by atoms with Gasteiger partial charge in [0.1, 0.15) is 5.69 Å². The topological polar surface area (TPSA) is 61.3 Å². The van der Waals surface area contributed by atoms with Crippen molar-refractivity contribution in [2.45, 2.75) is 13.5 Å². The molecule has 0 aliphatic carbocycles. The number of benzene rings is 1. The van der Waals surface area contributed by atoms with Gasteiger partial charge in [-0.2, -0.15) is 0 Å². The third-order valence-electron chi connectivity index (χ3n) is 5.21. The minimum Gasteiger partial charge on any atom is -0.351 e. The van der Waals surface area contributed by atoms with E-state index in [4.69, 9.17) is 0 Å². The number of carbonyl (C=O) groups is 1. The monoisotopic (exact) mass is 364 g/mol. The number of fused-ring (bicyclic) bond motifs is 1. The fraction of sp³-hybridized carbons (Fsp3) is 0.333. The Labute approximate surface area is 158 Å². The van der Waals surface area contributed by atoms with Gasteiger partial charge in [0.05, 0.1) is 0 Å². The summed E-state index contributed by atoms with van der Waals surface area (Å²) in [6.45, 7) is 6.55. The molecule has 6 heteroatoms. The molecule has 0 spiro atoms. The van der Waals surface area contributed by atoms with Crippen molar-refractivity contribution in [3.63, 3.8) is 0 Å². The minimum atomic E-state index is 0.0354. The van der Waals surface area contributed by atoms with E-state index in [0.29, 0.717) is 25.3 Å². The Morgan fingerprint density at radius 2 is 1.81 bits per heavy atom. The van der Waals surface area contributed by atoms with Crippen LogP contribution in [0.3, 0.4) is 0 Å². The number of aryl methyl sites for hydroxylation is 1. The number of nitrogens with zero attached hydrogens (tertiary/aromatic N) is 3. The first kappa shape index (κ1) is 17.5. The normalized spacial score (nSPS) is 15.4. The summed E-state index contributed by atoms with van der Waals surface area (Å²) < 4.78 is 1.76. The van der Waals surface area contributed by atoms with E-state index < -0.39 is 0 Å². The Kier molecular flexibility index (Phi) is 4.81. The van der Waals surface area contributed by atoms with Crippen LogP contribution in [0, 0.1) is 6.92 Å². The van der Waals surface area contributed by atoms with Gasteiger partial charge in [0.15, 0.2) is 0 Å². The Bertz CT molecular complexity index is 979. The predicted octanol–water partition coefficient (Wildman–Crippen LogP) is 2.10. The molecule has 2 aromatic heterocycles. The zero-order valence-corrected chi connectivity index (χ0v) is 15.5. The van der Waals surface area contributed by atoms with E-state index in [9.17, 15) is 9.59 Å². The highest BCUT2D eigenvalue weighted by Gasteiger charge is 2.23. The van der Waals surface area contributed by atoms with Gasteiger partial charge in [-0.25, -0.2) is 0 Å². The number of amides is 1. The Hall–Kier alpha value is -2.86. The van der Waals surface area contributed by atoms with Gasteiger partial charge in [0, 0.05) is 62.4 Å². The average molecular weight is 364 g/mol. The van der Waals surface area contributed by atoms with E-state index in [2.05, 4.69) is 9.88 Å². The highest BCUT2D eigenvalue weighted by Crippen LogP contribution is 2.16. The maximum atomic E-state index is 12.8. The van der Waals surface area contributed by atoms with Gasteiger partial charge in [-0.15, -0.1) is 0 Å². The second-order valence-electron chi connectivity index (χ2n) is 7.14. The Morgan fingerprint density at radius 1 is 1.04 bits per heavy atom. The number of para-hydroxylation sites is 1. The van der Waals surface area contributed by atoms with E-state index in [0.717, 1.165) is 36.1 Å². The summed E-state index contributed by atoms with van der Waals surface area (Å²) in [5.74, 6) is 0.0563. The molecule has 27 heavy (non-hydrogen) atoms. The van der Waals surface area contributed by atoms with Crippen LogP contribution in [0.1, 0.15) is 16.1 Å². The third-order valence-corrected chi connectivity index (χ3v) is 5.21. The standard InChI is InChI=1S/C21H24N4O2/c1-16-6-7-20(26)25(15-16)13-10-23-8-11-24(12-9-23)21(27)19-14-17-4-2-3-5-18(17)22-19/h2-7,14-15,22H,8-13H2,1H3. The van der Waals surface area contributed by atoms with Crippen molar-refractivity contribution in [2.24, 2.45) is 0 Å². The average Bonchev–Trinajstić information content (AvgIpc) is 3.13. The summed E-state index contributed by atoms with van der Waals surface area (Å²) in [6.07, 6.45) is 1.90. The lowest BCUT2D eigenvalue weighted by Gasteiger charge is -2.34.